The van der Waals surface area contributed by atoms with Crippen LogP contribution in [0.15, 0.2) is 48.8 Å². The van der Waals surface area contributed by atoms with E-state index in [1.807, 2.05) is 0 Å². The molecule has 0 unspecified atom stereocenters. The number of alkyl halides is 3. The van der Waals surface area contributed by atoms with Gasteiger partial charge >= 0.3 is 6.18 Å². The molecular weight excluding hydrogens is 400 g/mol. The molecule has 151 valence electrons. The molecule has 1 radical (unpaired) electrons. The first-order valence-electron chi connectivity index (χ1n) is 8.05. The quantitative estimate of drug-likeness (QED) is 0.577. The fourth-order valence-corrected chi connectivity index (χ4v) is 2.68. The van der Waals surface area contributed by atoms with Crippen molar-refractivity contribution in [1.29, 1.82) is 0 Å². The predicted molar refractivity (Wildman–Crippen MR) is 91.3 cm³/mol. The Morgan fingerprint density at radius 3 is 2.24 bits per heavy atom. The van der Waals surface area contributed by atoms with E-state index in [-0.39, 0.29) is 5.69 Å². The van der Waals surface area contributed by atoms with E-state index < -0.39 is 52.8 Å². The summed E-state index contributed by atoms with van der Waals surface area (Å²) in [7, 11) is 3.40. The number of carbonyl (C=O) groups excluding carboxylic acids is 1. The topological polar surface area (TPSA) is 38.1 Å². The van der Waals surface area contributed by atoms with Gasteiger partial charge in [-0.3, -0.25) is 9.48 Å². The summed E-state index contributed by atoms with van der Waals surface area (Å²) in [5.41, 5.74) is -2.70. The third-order valence-electron chi connectivity index (χ3n) is 4.10. The van der Waals surface area contributed by atoms with Gasteiger partial charge in [0.2, 0.25) is 0 Å². The lowest BCUT2D eigenvalue weighted by molar-refractivity contribution is -0.138. The van der Waals surface area contributed by atoms with E-state index in [1.165, 1.54) is 0 Å². The Balaban J connectivity index is 1.88. The molecule has 0 aliphatic heterocycles. The average molecular weight is 412 g/mol. The van der Waals surface area contributed by atoms with E-state index in [1.54, 1.807) is 0 Å². The van der Waals surface area contributed by atoms with Crippen LogP contribution in [-0.2, 0) is 12.7 Å². The molecule has 0 N–H and O–H groups in total. The summed E-state index contributed by atoms with van der Waals surface area (Å²) in [6.07, 6.45) is -2.61. The van der Waals surface area contributed by atoms with E-state index >= 15 is 0 Å². The van der Waals surface area contributed by atoms with Crippen molar-refractivity contribution in [3.63, 3.8) is 0 Å². The van der Waals surface area contributed by atoms with Gasteiger partial charge in [-0.1, -0.05) is 12.1 Å². The van der Waals surface area contributed by atoms with Crippen molar-refractivity contribution >= 4 is 11.6 Å². The van der Waals surface area contributed by atoms with Crippen molar-refractivity contribution in [3.8, 4) is 0 Å². The molecule has 1 aromatic heterocycles. The molecule has 1 amide bonds. The van der Waals surface area contributed by atoms with Gasteiger partial charge in [-0.2, -0.15) is 18.3 Å². The Kier molecular flexibility index (Phi) is 5.36. The molecule has 3 rings (SSSR count). The van der Waals surface area contributed by atoms with Gasteiger partial charge in [-0.25, -0.2) is 13.2 Å². The van der Waals surface area contributed by atoms with E-state index in [9.17, 15) is 31.1 Å². The minimum atomic E-state index is -4.77. The summed E-state index contributed by atoms with van der Waals surface area (Å²) in [5.74, 6) is -4.40. The number of rotatable bonds is 4. The Labute approximate surface area is 161 Å². The summed E-state index contributed by atoms with van der Waals surface area (Å²) in [5, 5.41) is 3.78. The Morgan fingerprint density at radius 2 is 1.62 bits per heavy atom. The van der Waals surface area contributed by atoms with Gasteiger partial charge in [-0.15, -0.1) is 0 Å². The number of anilines is 1. The van der Waals surface area contributed by atoms with Crippen LogP contribution in [0.4, 0.5) is 32.0 Å². The number of benzene rings is 2. The van der Waals surface area contributed by atoms with Crippen LogP contribution in [0.2, 0.25) is 0 Å². The first-order valence-corrected chi connectivity index (χ1v) is 8.05. The van der Waals surface area contributed by atoms with Crippen molar-refractivity contribution in [2.45, 2.75) is 12.7 Å². The number of hydrogen-bond acceptors (Lipinski definition) is 2. The number of nitrogens with zero attached hydrogens (tertiary/aromatic N) is 3. The lowest BCUT2D eigenvalue weighted by Crippen LogP contribution is -2.25. The fraction of sp³-hybridized carbons (Fsp3) is 0.105. The zero-order valence-electron chi connectivity index (χ0n) is 14.6. The lowest BCUT2D eigenvalue weighted by Gasteiger charge is -2.16. The standard InChI is InChI=1S/C19H12F6N3O/c1-27(18(29)17-15(21)6-3-7-16(17)22)11-8-26-28(9-11)10-12-13(19(23,24)25)4-2-5-14(12)20/h2-9H,1,10H2. The number of aromatic nitrogens is 2. The van der Waals surface area contributed by atoms with E-state index in [4.69, 9.17) is 0 Å². The summed E-state index contributed by atoms with van der Waals surface area (Å²) >= 11 is 0. The first-order chi connectivity index (χ1) is 13.6. The largest absolute Gasteiger partial charge is 0.416 e. The van der Waals surface area contributed by atoms with Crippen LogP contribution < -0.4 is 4.90 Å². The van der Waals surface area contributed by atoms with Crippen LogP contribution in [-0.4, -0.2) is 15.7 Å². The van der Waals surface area contributed by atoms with Crippen LogP contribution in [0.1, 0.15) is 21.5 Å². The fourth-order valence-electron chi connectivity index (χ4n) is 2.68. The molecule has 3 aromatic rings. The second-order valence-corrected chi connectivity index (χ2v) is 5.99. The molecule has 0 aliphatic carbocycles. The molecule has 0 fully saturated rings. The minimum absolute atomic E-state index is 0.0532. The summed E-state index contributed by atoms with van der Waals surface area (Å²) in [4.78, 5) is 13.0. The number of halogens is 6. The molecule has 0 aliphatic rings. The number of hydrogen-bond donors (Lipinski definition) is 0. The maximum atomic E-state index is 14.0. The first kappa shape index (κ1) is 20.4. The molecule has 0 spiro atoms. The number of amides is 1. The Hall–Kier alpha value is -3.30. The van der Waals surface area contributed by atoms with Crippen LogP contribution in [0.5, 0.6) is 0 Å². The molecular formula is C19H12F6N3O. The zero-order chi connectivity index (χ0) is 21.3. The van der Waals surface area contributed by atoms with Crippen LogP contribution in [0, 0.1) is 24.5 Å². The molecule has 0 saturated carbocycles. The molecule has 4 nitrogen and oxygen atoms in total. The molecule has 1 heterocycles. The van der Waals surface area contributed by atoms with Gasteiger partial charge in [0.15, 0.2) is 0 Å². The van der Waals surface area contributed by atoms with Gasteiger partial charge in [0.05, 0.1) is 24.0 Å². The third kappa shape index (κ3) is 4.10. The average Bonchev–Trinajstić information content (AvgIpc) is 3.10. The minimum Gasteiger partial charge on any atom is -0.303 e. The third-order valence-corrected chi connectivity index (χ3v) is 4.10. The molecule has 0 bridgehead atoms. The van der Waals surface area contributed by atoms with Crippen molar-refractivity contribution in [2.24, 2.45) is 0 Å². The monoisotopic (exact) mass is 412 g/mol. The highest BCUT2D eigenvalue weighted by atomic mass is 19.4. The summed E-state index contributed by atoms with van der Waals surface area (Å²) < 4.78 is 81.8. The highest BCUT2D eigenvalue weighted by molar-refractivity contribution is 6.06. The van der Waals surface area contributed by atoms with Crippen LogP contribution >= 0.6 is 0 Å². The highest BCUT2D eigenvalue weighted by Crippen LogP contribution is 2.33. The molecule has 29 heavy (non-hydrogen) atoms. The van der Waals surface area contributed by atoms with Crippen molar-refractivity contribution in [3.05, 3.63) is 90.0 Å². The summed E-state index contributed by atoms with van der Waals surface area (Å²) in [6.45, 7) is -0.586. The van der Waals surface area contributed by atoms with Crippen molar-refractivity contribution in [1.82, 2.24) is 9.78 Å². The van der Waals surface area contributed by atoms with E-state index in [0.29, 0.717) is 4.90 Å². The molecule has 10 heteroatoms. The number of carbonyl (C=O) groups is 1. The second kappa shape index (κ2) is 7.61. The maximum Gasteiger partial charge on any atom is 0.416 e. The second-order valence-electron chi connectivity index (χ2n) is 5.99. The predicted octanol–water partition coefficient (Wildman–Crippen LogP) is 4.81. The van der Waals surface area contributed by atoms with Crippen LogP contribution in [0.3, 0.4) is 0 Å². The normalized spacial score (nSPS) is 11.6. The Morgan fingerprint density at radius 1 is 1.03 bits per heavy atom. The summed E-state index contributed by atoms with van der Waals surface area (Å²) in [6, 6.07) is 5.43. The van der Waals surface area contributed by atoms with E-state index in [2.05, 4.69) is 12.1 Å². The van der Waals surface area contributed by atoms with Gasteiger partial charge in [-0.05, 0) is 24.3 Å². The lowest BCUT2D eigenvalue weighted by atomic mass is 10.1. The molecule has 0 atom stereocenters. The van der Waals surface area contributed by atoms with Gasteiger partial charge in [0.1, 0.15) is 23.0 Å². The Bertz CT molecular complexity index is 1040. The highest BCUT2D eigenvalue weighted by Gasteiger charge is 2.34. The van der Waals surface area contributed by atoms with Gasteiger partial charge < -0.3 is 4.90 Å². The van der Waals surface area contributed by atoms with E-state index in [0.717, 1.165) is 53.5 Å². The SMILES string of the molecule is [CH2]N(C(=O)c1c(F)cccc1F)c1cnn(Cc2c(F)cccc2C(F)(F)F)c1. The maximum absolute atomic E-state index is 14.0. The smallest absolute Gasteiger partial charge is 0.303 e. The van der Waals surface area contributed by atoms with Gasteiger partial charge in [0, 0.05) is 18.8 Å². The van der Waals surface area contributed by atoms with Crippen LogP contribution in [0.25, 0.3) is 0 Å². The van der Waals surface area contributed by atoms with Crippen molar-refractivity contribution < 1.29 is 31.1 Å². The molecule has 2 aromatic carbocycles. The van der Waals surface area contributed by atoms with Crippen molar-refractivity contribution in [2.75, 3.05) is 4.90 Å². The zero-order valence-corrected chi connectivity index (χ0v) is 14.6. The van der Waals surface area contributed by atoms with Gasteiger partial charge in [0.25, 0.3) is 5.91 Å². The molecule has 0 saturated heterocycles.